The van der Waals surface area contributed by atoms with Gasteiger partial charge in [-0.1, -0.05) is 0 Å². The van der Waals surface area contributed by atoms with Gasteiger partial charge in [0.1, 0.15) is 5.75 Å². The topological polar surface area (TPSA) is 88.5 Å². The number of rotatable bonds is 3. The van der Waals surface area contributed by atoms with Crippen molar-refractivity contribution in [3.63, 3.8) is 0 Å². The van der Waals surface area contributed by atoms with Crippen LogP contribution in [-0.2, 0) is 19.7 Å². The van der Waals surface area contributed by atoms with E-state index in [0.717, 1.165) is 6.07 Å². The van der Waals surface area contributed by atoms with E-state index in [1.807, 2.05) is 0 Å². The van der Waals surface area contributed by atoms with E-state index in [9.17, 15) is 21.9 Å². The average molecular weight is 302 g/mol. The van der Waals surface area contributed by atoms with Crippen molar-refractivity contribution in [2.45, 2.75) is 24.0 Å². The van der Waals surface area contributed by atoms with Crippen molar-refractivity contribution in [2.24, 2.45) is 0 Å². The molecule has 1 aromatic carbocycles. The normalized spacial score (nSPS) is 17.3. The number of benzene rings is 1. The molecular weight excluding hydrogens is 288 g/mol. The monoisotopic (exact) mass is 302 g/mol. The maximum absolute atomic E-state index is 12.2. The van der Waals surface area contributed by atoms with Gasteiger partial charge in [0.2, 0.25) is 9.84 Å². The molecule has 1 heterocycles. The summed E-state index contributed by atoms with van der Waals surface area (Å²) in [4.78, 5) is -0.178. The Hall–Kier alpha value is -1.34. The molecule has 0 amide bonds. The zero-order valence-electron chi connectivity index (χ0n) is 10.5. The molecule has 0 aromatic heterocycles. The number of aromatic hydroxyl groups is 1. The van der Waals surface area contributed by atoms with E-state index in [4.69, 9.17) is 0 Å². The Bertz CT molecular complexity index is 755. The van der Waals surface area contributed by atoms with E-state index in [1.54, 1.807) is 0 Å². The molecule has 1 aliphatic rings. The predicted molar refractivity (Wildman–Crippen MR) is 72.2 cm³/mol. The molecule has 1 aromatic rings. The average Bonchev–Trinajstić information content (AvgIpc) is 2.51. The molecule has 0 bridgehead atoms. The SMILES string of the molecule is CC(C)S(=O)(=O)CC1=Cc2ccc(O)cc2S1(=O)=O. The van der Waals surface area contributed by atoms with Gasteiger partial charge in [0, 0.05) is 0 Å². The minimum Gasteiger partial charge on any atom is -0.508 e. The summed E-state index contributed by atoms with van der Waals surface area (Å²) >= 11 is 0. The van der Waals surface area contributed by atoms with Gasteiger partial charge >= 0.3 is 0 Å². The standard InChI is InChI=1S/C12H14O5S2/c1-8(2)18(14,15)7-11-5-9-3-4-10(13)6-12(9)19(11,16)17/h3-6,8,13H,7H2,1-2H3. The van der Waals surface area contributed by atoms with Crippen molar-refractivity contribution in [2.75, 3.05) is 5.75 Å². The lowest BCUT2D eigenvalue weighted by Gasteiger charge is -2.08. The first-order chi connectivity index (χ1) is 8.64. The molecule has 2 rings (SSSR count). The molecule has 0 spiro atoms. The summed E-state index contributed by atoms with van der Waals surface area (Å²) in [6.45, 7) is 3.02. The number of fused-ring (bicyclic) bond motifs is 1. The van der Waals surface area contributed by atoms with Crippen LogP contribution < -0.4 is 0 Å². The largest absolute Gasteiger partial charge is 0.508 e. The Balaban J connectivity index is 2.49. The van der Waals surface area contributed by atoms with Crippen LogP contribution >= 0.6 is 0 Å². The van der Waals surface area contributed by atoms with Gasteiger partial charge in [-0.2, -0.15) is 0 Å². The molecule has 0 saturated heterocycles. The Morgan fingerprint density at radius 2 is 1.89 bits per heavy atom. The van der Waals surface area contributed by atoms with Gasteiger partial charge in [-0.25, -0.2) is 16.8 Å². The van der Waals surface area contributed by atoms with Crippen molar-refractivity contribution in [1.29, 1.82) is 0 Å². The quantitative estimate of drug-likeness (QED) is 0.910. The molecule has 0 saturated carbocycles. The Labute approximate surface area is 112 Å². The lowest BCUT2D eigenvalue weighted by molar-refractivity contribution is 0.473. The number of phenols is 1. The first-order valence-electron chi connectivity index (χ1n) is 5.65. The van der Waals surface area contributed by atoms with Crippen LogP contribution in [0.15, 0.2) is 28.0 Å². The smallest absolute Gasteiger partial charge is 0.204 e. The van der Waals surface area contributed by atoms with E-state index in [2.05, 4.69) is 0 Å². The van der Waals surface area contributed by atoms with Gasteiger partial charge in [-0.3, -0.25) is 0 Å². The summed E-state index contributed by atoms with van der Waals surface area (Å²) < 4.78 is 48.1. The summed E-state index contributed by atoms with van der Waals surface area (Å²) in [5, 5.41) is 8.69. The summed E-state index contributed by atoms with van der Waals surface area (Å²) in [6, 6.07) is 3.96. The fourth-order valence-electron chi connectivity index (χ4n) is 1.75. The maximum atomic E-state index is 12.2. The second-order valence-electron chi connectivity index (χ2n) is 4.69. The highest BCUT2D eigenvalue weighted by atomic mass is 32.2. The van der Waals surface area contributed by atoms with Crippen LogP contribution in [0.5, 0.6) is 5.75 Å². The van der Waals surface area contributed by atoms with E-state index in [-0.39, 0.29) is 15.6 Å². The Morgan fingerprint density at radius 3 is 2.47 bits per heavy atom. The molecule has 1 aliphatic heterocycles. The molecule has 0 radical (unpaired) electrons. The molecule has 5 nitrogen and oxygen atoms in total. The van der Waals surface area contributed by atoms with Crippen LogP contribution in [0, 0.1) is 0 Å². The molecule has 19 heavy (non-hydrogen) atoms. The third-order valence-electron chi connectivity index (χ3n) is 3.01. The van der Waals surface area contributed by atoms with Gasteiger partial charge < -0.3 is 5.11 Å². The second-order valence-corrected chi connectivity index (χ2v) is 9.22. The molecule has 104 valence electrons. The second kappa shape index (κ2) is 4.35. The Kier molecular flexibility index (Phi) is 3.22. The van der Waals surface area contributed by atoms with Crippen LogP contribution in [0.3, 0.4) is 0 Å². The molecule has 0 atom stereocenters. The number of sulfone groups is 2. The molecular formula is C12H14O5S2. The fraction of sp³-hybridized carbons (Fsp3) is 0.333. The highest BCUT2D eigenvalue weighted by Crippen LogP contribution is 2.35. The first-order valence-corrected chi connectivity index (χ1v) is 8.85. The van der Waals surface area contributed by atoms with Crippen LogP contribution in [0.1, 0.15) is 19.4 Å². The lowest BCUT2D eigenvalue weighted by Crippen LogP contribution is -2.21. The third-order valence-corrected chi connectivity index (χ3v) is 7.23. The molecule has 0 aliphatic carbocycles. The maximum Gasteiger partial charge on any atom is 0.204 e. The van der Waals surface area contributed by atoms with Crippen LogP contribution in [0.4, 0.5) is 0 Å². The highest BCUT2D eigenvalue weighted by molar-refractivity contribution is 7.98. The zero-order valence-corrected chi connectivity index (χ0v) is 12.1. The van der Waals surface area contributed by atoms with E-state index in [0.29, 0.717) is 5.56 Å². The van der Waals surface area contributed by atoms with Crippen LogP contribution in [-0.4, -0.2) is 32.9 Å². The third kappa shape index (κ3) is 2.40. The molecule has 1 N–H and O–H groups in total. The molecule has 7 heteroatoms. The molecule has 0 fully saturated rings. The van der Waals surface area contributed by atoms with Gasteiger partial charge in [0.15, 0.2) is 9.84 Å². The minimum atomic E-state index is -3.81. The first kappa shape index (κ1) is 14.1. The van der Waals surface area contributed by atoms with Crippen molar-refractivity contribution in [3.8, 4) is 5.75 Å². The number of hydrogen-bond acceptors (Lipinski definition) is 5. The summed E-state index contributed by atoms with van der Waals surface area (Å²) in [6.07, 6.45) is 1.35. The van der Waals surface area contributed by atoms with Gasteiger partial charge in [0.05, 0.1) is 20.8 Å². The predicted octanol–water partition coefficient (Wildman–Crippen LogP) is 1.34. The zero-order chi connectivity index (χ0) is 14.4. The van der Waals surface area contributed by atoms with Gasteiger partial charge in [-0.15, -0.1) is 0 Å². The van der Waals surface area contributed by atoms with Crippen molar-refractivity contribution >= 4 is 25.8 Å². The summed E-state index contributed by atoms with van der Waals surface area (Å²) in [5.41, 5.74) is 0.409. The summed E-state index contributed by atoms with van der Waals surface area (Å²) in [5.74, 6) is -0.675. The van der Waals surface area contributed by atoms with E-state index >= 15 is 0 Å². The summed E-state index contributed by atoms with van der Waals surface area (Å²) in [7, 11) is -7.30. The number of phenolic OH excluding ortho intramolecular Hbond substituents is 1. The fourth-order valence-corrected chi connectivity index (χ4v) is 4.96. The van der Waals surface area contributed by atoms with E-state index in [1.165, 1.54) is 32.1 Å². The van der Waals surface area contributed by atoms with Gasteiger partial charge in [0.25, 0.3) is 0 Å². The highest BCUT2D eigenvalue weighted by Gasteiger charge is 2.33. The lowest BCUT2D eigenvalue weighted by atomic mass is 10.2. The van der Waals surface area contributed by atoms with Crippen LogP contribution in [0.2, 0.25) is 0 Å². The van der Waals surface area contributed by atoms with E-state index < -0.39 is 30.7 Å². The van der Waals surface area contributed by atoms with Crippen molar-refractivity contribution in [3.05, 3.63) is 28.7 Å². The van der Waals surface area contributed by atoms with Crippen LogP contribution in [0.25, 0.3) is 6.08 Å². The van der Waals surface area contributed by atoms with Crippen molar-refractivity contribution < 1.29 is 21.9 Å². The minimum absolute atomic E-state index is 0.0403. The number of hydrogen-bond donors (Lipinski definition) is 1. The van der Waals surface area contributed by atoms with Crippen molar-refractivity contribution in [1.82, 2.24) is 0 Å². The molecule has 0 unspecified atom stereocenters. The van der Waals surface area contributed by atoms with Gasteiger partial charge in [-0.05, 0) is 43.7 Å². The Morgan fingerprint density at radius 1 is 1.26 bits per heavy atom.